The van der Waals surface area contributed by atoms with Crippen molar-refractivity contribution in [3.8, 4) is 0 Å². The SMILES string of the molecule is CCC(C)N[Si](NC(C)CC)(NC(C)CC)C(F)(F)C(F)(F)F. The molecule has 3 unspecified atom stereocenters. The summed E-state index contributed by atoms with van der Waals surface area (Å²) in [6, 6.07) is -1.41. The Morgan fingerprint density at radius 2 is 0.957 bits per heavy atom. The van der Waals surface area contributed by atoms with Crippen molar-refractivity contribution in [2.45, 2.75) is 90.7 Å². The van der Waals surface area contributed by atoms with Crippen LogP contribution in [0.2, 0.25) is 0 Å². The third kappa shape index (κ3) is 5.65. The Bertz CT molecular complexity index is 321. The van der Waals surface area contributed by atoms with Crippen molar-refractivity contribution in [1.29, 1.82) is 0 Å². The van der Waals surface area contributed by atoms with E-state index in [1.807, 2.05) is 0 Å². The Labute approximate surface area is 137 Å². The van der Waals surface area contributed by atoms with E-state index in [2.05, 4.69) is 14.9 Å². The van der Waals surface area contributed by atoms with Crippen LogP contribution in [0.1, 0.15) is 60.8 Å². The summed E-state index contributed by atoms with van der Waals surface area (Å²) >= 11 is 0. The summed E-state index contributed by atoms with van der Waals surface area (Å²) in [5.74, 6) is 0. The van der Waals surface area contributed by atoms with E-state index in [1.54, 1.807) is 41.5 Å². The highest BCUT2D eigenvalue weighted by atomic mass is 28.4. The molecule has 0 rings (SSSR count). The van der Waals surface area contributed by atoms with Crippen molar-refractivity contribution in [3.63, 3.8) is 0 Å². The van der Waals surface area contributed by atoms with E-state index in [0.717, 1.165) is 0 Å². The normalized spacial score (nSPS) is 20.0. The fourth-order valence-electron chi connectivity index (χ4n) is 2.02. The zero-order chi connectivity index (χ0) is 18.5. The van der Waals surface area contributed by atoms with Gasteiger partial charge in [-0.3, -0.25) is 0 Å². The van der Waals surface area contributed by atoms with Crippen molar-refractivity contribution in [2.75, 3.05) is 0 Å². The molecule has 23 heavy (non-hydrogen) atoms. The molecule has 0 aliphatic carbocycles. The Kier molecular flexibility index (Phi) is 8.63. The number of halogens is 5. The van der Waals surface area contributed by atoms with Crippen LogP contribution in [0.4, 0.5) is 22.0 Å². The average Bonchev–Trinajstić information content (AvgIpc) is 2.44. The summed E-state index contributed by atoms with van der Waals surface area (Å²) in [5, 5.41) is 0. The molecule has 0 bridgehead atoms. The molecule has 0 amide bonds. The van der Waals surface area contributed by atoms with Gasteiger partial charge in [0.05, 0.1) is 0 Å². The smallest absolute Gasteiger partial charge is 0.306 e. The van der Waals surface area contributed by atoms with E-state index < -0.39 is 38.4 Å². The molecule has 3 N–H and O–H groups in total. The fraction of sp³-hybridized carbons (Fsp3) is 1.00. The molecule has 9 heteroatoms. The van der Waals surface area contributed by atoms with Gasteiger partial charge >= 0.3 is 20.3 Å². The first kappa shape index (κ1) is 22.7. The minimum absolute atomic E-state index is 0.451. The van der Waals surface area contributed by atoms with Gasteiger partial charge in [-0.2, -0.15) is 22.0 Å². The molecule has 0 fully saturated rings. The fourth-order valence-corrected chi connectivity index (χ4v) is 6.07. The maximum Gasteiger partial charge on any atom is 0.454 e. The molecular formula is C14H30F5N3Si. The molecule has 0 aromatic carbocycles. The van der Waals surface area contributed by atoms with Gasteiger partial charge in [0.2, 0.25) is 0 Å². The van der Waals surface area contributed by atoms with Crippen LogP contribution in [0.15, 0.2) is 0 Å². The maximum absolute atomic E-state index is 14.5. The summed E-state index contributed by atoms with van der Waals surface area (Å²) in [4.78, 5) is 7.81. The van der Waals surface area contributed by atoms with E-state index in [1.165, 1.54) is 0 Å². The van der Waals surface area contributed by atoms with Crippen LogP contribution in [0, 0.1) is 0 Å². The largest absolute Gasteiger partial charge is 0.454 e. The summed E-state index contributed by atoms with van der Waals surface area (Å²) in [7, 11) is -4.62. The lowest BCUT2D eigenvalue weighted by Gasteiger charge is -2.44. The lowest BCUT2D eigenvalue weighted by molar-refractivity contribution is -0.250. The molecular weight excluding hydrogens is 333 g/mol. The molecule has 3 nitrogen and oxygen atoms in total. The van der Waals surface area contributed by atoms with Gasteiger partial charge in [0, 0.05) is 0 Å². The van der Waals surface area contributed by atoms with Gasteiger partial charge < -0.3 is 14.9 Å². The lowest BCUT2D eigenvalue weighted by atomic mass is 10.3. The van der Waals surface area contributed by atoms with Gasteiger partial charge in [0.1, 0.15) is 0 Å². The van der Waals surface area contributed by atoms with Crippen molar-refractivity contribution >= 4 is 8.56 Å². The average molecular weight is 363 g/mol. The van der Waals surface area contributed by atoms with Crippen LogP contribution in [0.25, 0.3) is 0 Å². The van der Waals surface area contributed by atoms with Gasteiger partial charge in [0.25, 0.3) is 0 Å². The Balaban J connectivity index is 5.99. The number of alkyl halides is 5. The van der Waals surface area contributed by atoms with Crippen LogP contribution in [-0.4, -0.2) is 38.4 Å². The van der Waals surface area contributed by atoms with Gasteiger partial charge in [-0.25, -0.2) is 0 Å². The van der Waals surface area contributed by atoms with Gasteiger partial charge in [-0.1, -0.05) is 41.5 Å². The first-order valence-corrected chi connectivity index (χ1v) is 10.1. The molecule has 0 aromatic heterocycles. The number of hydrogen-bond acceptors (Lipinski definition) is 3. The van der Waals surface area contributed by atoms with Crippen molar-refractivity contribution in [1.82, 2.24) is 14.9 Å². The molecule has 0 aliphatic rings. The molecule has 0 heterocycles. The number of rotatable bonds is 10. The van der Waals surface area contributed by atoms with Crippen LogP contribution >= 0.6 is 0 Å². The second-order valence-corrected chi connectivity index (χ2v) is 9.18. The van der Waals surface area contributed by atoms with Crippen LogP contribution in [0.3, 0.4) is 0 Å². The zero-order valence-electron chi connectivity index (χ0n) is 14.7. The predicted octanol–water partition coefficient (Wildman–Crippen LogP) is 3.83. The summed E-state index contributed by atoms with van der Waals surface area (Å²) in [6.45, 7) is 10.1. The van der Waals surface area contributed by atoms with Crippen molar-refractivity contribution in [2.24, 2.45) is 0 Å². The molecule has 0 saturated heterocycles. The first-order valence-electron chi connectivity index (χ1n) is 8.14. The highest BCUT2D eigenvalue weighted by molar-refractivity contribution is 6.75. The Hall–Kier alpha value is -0.253. The van der Waals surface area contributed by atoms with Gasteiger partial charge in [-0.15, -0.1) is 0 Å². The minimum Gasteiger partial charge on any atom is -0.306 e. The quantitative estimate of drug-likeness (QED) is 0.408. The molecule has 0 aromatic rings. The molecule has 0 radical (unpaired) electrons. The molecule has 0 spiro atoms. The van der Waals surface area contributed by atoms with Gasteiger partial charge in [-0.05, 0) is 37.4 Å². The van der Waals surface area contributed by atoms with Crippen molar-refractivity contribution < 1.29 is 22.0 Å². The first-order chi connectivity index (χ1) is 10.4. The van der Waals surface area contributed by atoms with E-state index in [0.29, 0.717) is 19.3 Å². The topological polar surface area (TPSA) is 36.1 Å². The van der Waals surface area contributed by atoms with Crippen LogP contribution in [-0.2, 0) is 0 Å². The maximum atomic E-state index is 14.5. The monoisotopic (exact) mass is 363 g/mol. The number of hydrogen-bond donors (Lipinski definition) is 3. The summed E-state index contributed by atoms with van der Waals surface area (Å²) in [5.41, 5.74) is -4.85. The van der Waals surface area contributed by atoms with E-state index >= 15 is 0 Å². The summed E-state index contributed by atoms with van der Waals surface area (Å²) < 4.78 is 68.4. The highest BCUT2D eigenvalue weighted by Crippen LogP contribution is 2.40. The minimum atomic E-state index is -5.62. The van der Waals surface area contributed by atoms with Crippen LogP contribution in [0.5, 0.6) is 0 Å². The molecule has 0 saturated carbocycles. The molecule has 140 valence electrons. The lowest BCUT2D eigenvalue weighted by Crippen LogP contribution is -2.87. The van der Waals surface area contributed by atoms with E-state index in [9.17, 15) is 22.0 Å². The zero-order valence-corrected chi connectivity index (χ0v) is 15.7. The highest BCUT2D eigenvalue weighted by Gasteiger charge is 2.73. The van der Waals surface area contributed by atoms with Crippen LogP contribution < -0.4 is 14.9 Å². The van der Waals surface area contributed by atoms with E-state index in [4.69, 9.17) is 0 Å². The van der Waals surface area contributed by atoms with Crippen molar-refractivity contribution in [3.05, 3.63) is 0 Å². The predicted molar refractivity (Wildman–Crippen MR) is 85.4 cm³/mol. The third-order valence-electron chi connectivity index (χ3n) is 4.05. The standard InChI is InChI=1S/C14H30F5N3Si/c1-7-10(4)20-23(21-11(5)8-2,22-12(6)9-3)14(18,19)13(15,16)17/h10-12,20-22H,7-9H2,1-6H3. The second kappa shape index (κ2) is 8.73. The third-order valence-corrected chi connectivity index (χ3v) is 8.06. The molecule has 0 aliphatic heterocycles. The van der Waals surface area contributed by atoms with E-state index in [-0.39, 0.29) is 0 Å². The molecule has 3 atom stereocenters. The second-order valence-electron chi connectivity index (χ2n) is 6.18. The van der Waals surface area contributed by atoms with Gasteiger partial charge in [0.15, 0.2) is 0 Å². The Morgan fingerprint density at radius 3 is 1.13 bits per heavy atom. The Morgan fingerprint density at radius 1 is 0.696 bits per heavy atom. The number of nitrogens with one attached hydrogen (secondary N) is 3. The summed E-state index contributed by atoms with van der Waals surface area (Å²) in [6.07, 6.45) is -4.27.